The van der Waals surface area contributed by atoms with E-state index in [9.17, 15) is 22.8 Å². The van der Waals surface area contributed by atoms with Crippen molar-refractivity contribution in [3.8, 4) is 5.75 Å². The van der Waals surface area contributed by atoms with Crippen molar-refractivity contribution < 1.29 is 32.6 Å². The number of carbonyl (C=O) groups excluding carboxylic acids is 1. The first kappa shape index (κ1) is 18.1. The van der Waals surface area contributed by atoms with E-state index in [4.69, 9.17) is 5.11 Å². The van der Waals surface area contributed by atoms with Gasteiger partial charge in [-0.2, -0.15) is 0 Å². The Morgan fingerprint density at radius 2 is 2.05 bits per heavy atom. The highest BCUT2D eigenvalue weighted by Gasteiger charge is 2.32. The molecule has 0 saturated heterocycles. The van der Waals surface area contributed by atoms with Crippen LogP contribution in [0, 0.1) is 0 Å². The van der Waals surface area contributed by atoms with Gasteiger partial charge < -0.3 is 20.1 Å². The molecule has 0 unspecified atom stereocenters. The molecule has 2 N–H and O–H groups in total. The van der Waals surface area contributed by atoms with E-state index >= 15 is 0 Å². The molecule has 1 aromatic carbocycles. The summed E-state index contributed by atoms with van der Waals surface area (Å²) >= 11 is 2.91. The third-order valence-corrected chi connectivity index (χ3v) is 3.04. The molecule has 0 fully saturated rings. The summed E-state index contributed by atoms with van der Waals surface area (Å²) in [5.74, 6) is -1.49. The fourth-order valence-electron chi connectivity index (χ4n) is 1.37. The van der Waals surface area contributed by atoms with Gasteiger partial charge in [0.1, 0.15) is 5.75 Å². The van der Waals surface area contributed by atoms with Crippen molar-refractivity contribution in [3.63, 3.8) is 0 Å². The van der Waals surface area contributed by atoms with Gasteiger partial charge >= 0.3 is 18.4 Å². The highest BCUT2D eigenvalue weighted by molar-refractivity contribution is 9.10. The normalized spacial score (nSPS) is 11.0. The number of rotatable bonds is 5. The molecule has 10 heteroatoms. The number of carboxylic acid groups (broad SMARTS) is 1. The molecule has 0 aliphatic heterocycles. The summed E-state index contributed by atoms with van der Waals surface area (Å²) in [4.78, 5) is 23.3. The topological polar surface area (TPSA) is 78.9 Å². The van der Waals surface area contributed by atoms with Crippen LogP contribution in [-0.4, -0.2) is 42.0 Å². The zero-order valence-corrected chi connectivity index (χ0v) is 12.9. The summed E-state index contributed by atoms with van der Waals surface area (Å²) in [7, 11) is 1.40. The minimum atomic E-state index is -4.82. The van der Waals surface area contributed by atoms with Crippen molar-refractivity contribution in [1.82, 2.24) is 4.90 Å². The number of carbonyl (C=O) groups is 2. The van der Waals surface area contributed by atoms with Gasteiger partial charge in [0.05, 0.1) is 10.9 Å². The summed E-state index contributed by atoms with van der Waals surface area (Å²) in [5.41, 5.74) is 0.230. The van der Waals surface area contributed by atoms with Gasteiger partial charge in [0.2, 0.25) is 0 Å². The smallest absolute Gasteiger partial charge is 0.481 e. The van der Waals surface area contributed by atoms with Crippen molar-refractivity contribution in [2.45, 2.75) is 12.8 Å². The highest BCUT2D eigenvalue weighted by Crippen LogP contribution is 2.32. The predicted molar refractivity (Wildman–Crippen MR) is 74.7 cm³/mol. The molecule has 6 nitrogen and oxygen atoms in total. The Bertz CT molecular complexity index is 566. The minimum absolute atomic E-state index is 0.00238. The lowest BCUT2D eigenvalue weighted by molar-refractivity contribution is -0.274. The van der Waals surface area contributed by atoms with Crippen LogP contribution in [-0.2, 0) is 4.79 Å². The van der Waals surface area contributed by atoms with Crippen molar-refractivity contribution in [3.05, 3.63) is 22.7 Å². The van der Waals surface area contributed by atoms with Crippen molar-refractivity contribution in [2.24, 2.45) is 0 Å². The van der Waals surface area contributed by atoms with E-state index in [0.717, 1.165) is 11.0 Å². The number of amides is 2. The lowest BCUT2D eigenvalue weighted by Crippen LogP contribution is -2.33. The van der Waals surface area contributed by atoms with Crippen LogP contribution in [0.15, 0.2) is 22.7 Å². The number of alkyl halides is 3. The maximum atomic E-state index is 12.1. The Kier molecular flexibility index (Phi) is 6.03. The van der Waals surface area contributed by atoms with E-state index < -0.39 is 24.1 Å². The summed E-state index contributed by atoms with van der Waals surface area (Å²) in [6, 6.07) is 2.93. The number of anilines is 1. The van der Waals surface area contributed by atoms with Crippen molar-refractivity contribution in [2.75, 3.05) is 18.9 Å². The summed E-state index contributed by atoms with van der Waals surface area (Å²) < 4.78 is 40.1. The van der Waals surface area contributed by atoms with E-state index in [1.165, 1.54) is 19.2 Å². The maximum Gasteiger partial charge on any atom is 0.573 e. The minimum Gasteiger partial charge on any atom is -0.481 e. The molecule has 0 radical (unpaired) electrons. The molecule has 2 amide bonds. The second kappa shape index (κ2) is 7.34. The largest absolute Gasteiger partial charge is 0.573 e. The first-order valence-electron chi connectivity index (χ1n) is 5.87. The van der Waals surface area contributed by atoms with E-state index in [0.29, 0.717) is 0 Å². The maximum absolute atomic E-state index is 12.1. The number of nitrogens with one attached hydrogen (secondary N) is 1. The van der Waals surface area contributed by atoms with Crippen LogP contribution in [0.3, 0.4) is 0 Å². The van der Waals surface area contributed by atoms with Gasteiger partial charge in [-0.05, 0) is 34.1 Å². The SMILES string of the molecule is CN(CCC(=O)O)C(=O)Nc1ccc(OC(F)(F)F)c(Br)c1. The standard InChI is InChI=1S/C12H12BrF3N2O4/c1-18(5-4-10(19)20)11(21)17-7-2-3-9(8(13)6-7)22-12(14,15)16/h2-3,6H,4-5H2,1H3,(H,17,21)(H,19,20). The van der Waals surface area contributed by atoms with Crippen LogP contribution in [0.25, 0.3) is 0 Å². The Morgan fingerprint density at radius 3 is 2.55 bits per heavy atom. The molecule has 22 heavy (non-hydrogen) atoms. The molecule has 1 aromatic rings. The van der Waals surface area contributed by atoms with Gasteiger partial charge in [0.15, 0.2) is 0 Å². The molecular weight excluding hydrogens is 373 g/mol. The summed E-state index contributed by atoms with van der Waals surface area (Å²) in [5, 5.41) is 10.9. The number of carboxylic acids is 1. The summed E-state index contributed by atoms with van der Waals surface area (Å²) in [6.45, 7) is -0.00238. The van der Waals surface area contributed by atoms with Gasteiger partial charge in [-0.25, -0.2) is 4.79 Å². The average Bonchev–Trinajstić information content (AvgIpc) is 2.37. The monoisotopic (exact) mass is 384 g/mol. The lowest BCUT2D eigenvalue weighted by atomic mass is 10.3. The molecule has 0 heterocycles. The number of urea groups is 1. The molecule has 0 aliphatic carbocycles. The van der Waals surface area contributed by atoms with E-state index in [1.54, 1.807) is 0 Å². The Morgan fingerprint density at radius 1 is 1.41 bits per heavy atom. The molecule has 0 spiro atoms. The van der Waals surface area contributed by atoms with Crippen molar-refractivity contribution >= 4 is 33.6 Å². The molecule has 0 aliphatic rings. The van der Waals surface area contributed by atoms with Gasteiger partial charge in [0.25, 0.3) is 0 Å². The predicted octanol–water partition coefficient (Wildman–Crippen LogP) is 3.29. The molecule has 0 aromatic heterocycles. The van der Waals surface area contributed by atoms with Crippen LogP contribution in [0.2, 0.25) is 0 Å². The third-order valence-electron chi connectivity index (χ3n) is 2.42. The number of aliphatic carboxylic acids is 1. The van der Waals surface area contributed by atoms with Crippen LogP contribution in [0.1, 0.15) is 6.42 Å². The second-order valence-corrected chi connectivity index (χ2v) is 5.04. The lowest BCUT2D eigenvalue weighted by Gasteiger charge is -2.17. The number of halogens is 4. The highest BCUT2D eigenvalue weighted by atomic mass is 79.9. The first-order chi connectivity index (χ1) is 10.1. The molecule has 0 saturated carbocycles. The van der Waals surface area contributed by atoms with Crippen LogP contribution in [0.4, 0.5) is 23.7 Å². The quantitative estimate of drug-likeness (QED) is 0.816. The molecule has 0 atom stereocenters. The van der Waals surface area contributed by atoms with Crippen LogP contribution >= 0.6 is 15.9 Å². The number of nitrogens with zero attached hydrogens (tertiary/aromatic N) is 1. The zero-order chi connectivity index (χ0) is 16.9. The van der Waals surface area contributed by atoms with Gasteiger partial charge in [-0.1, -0.05) is 0 Å². The molecule has 122 valence electrons. The van der Waals surface area contributed by atoms with E-state index in [1.807, 2.05) is 0 Å². The number of ether oxygens (including phenoxy) is 1. The fraction of sp³-hybridized carbons (Fsp3) is 0.333. The Balaban J connectivity index is 2.68. The van der Waals surface area contributed by atoms with Crippen molar-refractivity contribution in [1.29, 1.82) is 0 Å². The van der Waals surface area contributed by atoms with Gasteiger partial charge in [0, 0.05) is 19.3 Å². The van der Waals surface area contributed by atoms with Crippen LogP contribution in [0.5, 0.6) is 5.75 Å². The van der Waals surface area contributed by atoms with Gasteiger partial charge in [-0.15, -0.1) is 13.2 Å². The number of benzene rings is 1. The Hall–Kier alpha value is -1.97. The van der Waals surface area contributed by atoms with E-state index in [2.05, 4.69) is 26.0 Å². The van der Waals surface area contributed by atoms with E-state index in [-0.39, 0.29) is 23.1 Å². The number of hydrogen-bond acceptors (Lipinski definition) is 3. The molecule has 0 bridgehead atoms. The summed E-state index contributed by atoms with van der Waals surface area (Å²) in [6.07, 6.45) is -5.03. The first-order valence-corrected chi connectivity index (χ1v) is 6.67. The fourth-order valence-corrected chi connectivity index (χ4v) is 1.83. The molecular formula is C12H12BrF3N2O4. The third kappa shape index (κ3) is 6.20. The number of hydrogen-bond donors (Lipinski definition) is 2. The van der Waals surface area contributed by atoms with Gasteiger partial charge in [-0.3, -0.25) is 4.79 Å². The average molecular weight is 385 g/mol. The second-order valence-electron chi connectivity index (χ2n) is 4.19. The Labute approximate surface area is 132 Å². The molecule has 1 rings (SSSR count). The zero-order valence-electron chi connectivity index (χ0n) is 11.3. The van der Waals surface area contributed by atoms with Crippen LogP contribution < -0.4 is 10.1 Å².